The van der Waals surface area contributed by atoms with E-state index in [1.807, 2.05) is 6.07 Å². The lowest BCUT2D eigenvalue weighted by Gasteiger charge is -2.21. The molecule has 0 spiro atoms. The van der Waals surface area contributed by atoms with Crippen LogP contribution in [0.2, 0.25) is 0 Å². The lowest BCUT2D eigenvalue weighted by atomic mass is 10.1. The molecule has 0 amide bonds. The minimum atomic E-state index is -0.183. The number of hydrogen-bond donors (Lipinski definition) is 1. The fraction of sp³-hybridized carbons (Fsp3) is 0.500. The van der Waals surface area contributed by atoms with Crippen LogP contribution in [0.3, 0.4) is 0 Å². The van der Waals surface area contributed by atoms with Crippen LogP contribution in [-0.4, -0.2) is 17.1 Å². The van der Waals surface area contributed by atoms with Crippen molar-refractivity contribution in [3.63, 3.8) is 0 Å². The van der Waals surface area contributed by atoms with Gasteiger partial charge in [0.15, 0.2) is 0 Å². The van der Waals surface area contributed by atoms with Crippen molar-refractivity contribution >= 4 is 10.9 Å². The van der Waals surface area contributed by atoms with Crippen LogP contribution in [0.4, 0.5) is 0 Å². The van der Waals surface area contributed by atoms with Gasteiger partial charge in [0, 0.05) is 11.1 Å². The molecule has 2 aromatic rings. The summed E-state index contributed by atoms with van der Waals surface area (Å²) in [6.45, 7) is 9.06. The second-order valence-electron chi connectivity index (χ2n) is 6.57. The van der Waals surface area contributed by atoms with Crippen LogP contribution >= 0.6 is 0 Å². The number of aromatic nitrogens is 1. The molecule has 0 aliphatic heterocycles. The van der Waals surface area contributed by atoms with Gasteiger partial charge in [-0.2, -0.15) is 0 Å². The van der Waals surface area contributed by atoms with Gasteiger partial charge in [-0.15, -0.1) is 0 Å². The molecule has 0 aliphatic rings. The van der Waals surface area contributed by atoms with Crippen LogP contribution in [-0.2, 0) is 6.42 Å². The highest BCUT2D eigenvalue weighted by atomic mass is 16.5. The molecule has 0 aliphatic carbocycles. The maximum atomic E-state index is 5.93. The Morgan fingerprint density at radius 1 is 1.14 bits per heavy atom. The van der Waals surface area contributed by atoms with Crippen LogP contribution in [0.25, 0.3) is 10.9 Å². The van der Waals surface area contributed by atoms with E-state index < -0.39 is 0 Å². The Morgan fingerprint density at radius 3 is 2.57 bits per heavy atom. The standard InChI is InChI=1S/C18H26N2O/c1-13-11-14(7-5-6-10-19)20-17-9-8-15(12-16(13)17)21-18(2,3)4/h8-9,11-12H,5-7,10,19H2,1-4H3. The van der Waals surface area contributed by atoms with Gasteiger partial charge in [0.05, 0.1) is 5.52 Å². The van der Waals surface area contributed by atoms with Gasteiger partial charge in [-0.1, -0.05) is 0 Å². The number of unbranched alkanes of at least 4 members (excludes halogenated alkanes) is 1. The maximum Gasteiger partial charge on any atom is 0.120 e. The van der Waals surface area contributed by atoms with Crippen molar-refractivity contribution < 1.29 is 4.74 Å². The van der Waals surface area contributed by atoms with Gasteiger partial charge in [0.1, 0.15) is 11.4 Å². The summed E-state index contributed by atoms with van der Waals surface area (Å²) in [5, 5.41) is 1.17. The molecular formula is C18H26N2O. The number of ether oxygens (including phenoxy) is 1. The van der Waals surface area contributed by atoms with Crippen LogP contribution in [0.5, 0.6) is 5.75 Å². The van der Waals surface area contributed by atoms with Gasteiger partial charge in [0.25, 0.3) is 0 Å². The zero-order valence-electron chi connectivity index (χ0n) is 13.6. The van der Waals surface area contributed by atoms with E-state index in [-0.39, 0.29) is 5.60 Å². The quantitative estimate of drug-likeness (QED) is 0.845. The first-order valence-electron chi connectivity index (χ1n) is 7.68. The number of hydrogen-bond acceptors (Lipinski definition) is 3. The molecule has 0 fully saturated rings. The van der Waals surface area contributed by atoms with Crippen molar-refractivity contribution in [2.75, 3.05) is 6.54 Å². The number of nitrogens with two attached hydrogens (primary N) is 1. The minimum Gasteiger partial charge on any atom is -0.488 e. The van der Waals surface area contributed by atoms with Crippen molar-refractivity contribution in [2.24, 2.45) is 5.73 Å². The molecule has 1 heterocycles. The molecule has 0 bridgehead atoms. The van der Waals surface area contributed by atoms with E-state index in [4.69, 9.17) is 15.5 Å². The Hall–Kier alpha value is -1.61. The number of aryl methyl sites for hydroxylation is 2. The number of pyridine rings is 1. The van der Waals surface area contributed by atoms with Gasteiger partial charge in [-0.3, -0.25) is 4.98 Å². The van der Waals surface area contributed by atoms with Crippen LogP contribution in [0, 0.1) is 6.92 Å². The highest BCUT2D eigenvalue weighted by Crippen LogP contribution is 2.26. The number of fused-ring (bicyclic) bond motifs is 1. The first-order chi connectivity index (χ1) is 9.89. The third-order valence-electron chi connectivity index (χ3n) is 3.35. The summed E-state index contributed by atoms with van der Waals surface area (Å²) in [4.78, 5) is 4.75. The van der Waals surface area contributed by atoms with E-state index in [0.717, 1.165) is 42.8 Å². The summed E-state index contributed by atoms with van der Waals surface area (Å²) in [6, 6.07) is 8.33. The van der Waals surface area contributed by atoms with E-state index in [2.05, 4.69) is 45.9 Å². The molecule has 0 saturated carbocycles. The smallest absolute Gasteiger partial charge is 0.120 e. The Bertz CT molecular complexity index is 614. The molecule has 1 aromatic heterocycles. The summed E-state index contributed by atoms with van der Waals surface area (Å²) >= 11 is 0. The molecule has 2 N–H and O–H groups in total. The monoisotopic (exact) mass is 286 g/mol. The second-order valence-corrected chi connectivity index (χ2v) is 6.57. The van der Waals surface area contributed by atoms with E-state index in [1.165, 1.54) is 10.9 Å². The normalized spacial score (nSPS) is 11.9. The second kappa shape index (κ2) is 6.44. The van der Waals surface area contributed by atoms with E-state index in [0.29, 0.717) is 0 Å². The van der Waals surface area contributed by atoms with E-state index in [1.54, 1.807) is 0 Å². The zero-order valence-corrected chi connectivity index (χ0v) is 13.6. The fourth-order valence-corrected chi connectivity index (χ4v) is 2.44. The van der Waals surface area contributed by atoms with Crippen molar-refractivity contribution in [2.45, 2.75) is 52.6 Å². The van der Waals surface area contributed by atoms with Crippen molar-refractivity contribution in [3.05, 3.63) is 35.5 Å². The Balaban J connectivity index is 2.28. The van der Waals surface area contributed by atoms with Crippen LogP contribution < -0.4 is 10.5 Å². The van der Waals surface area contributed by atoms with Crippen LogP contribution in [0.15, 0.2) is 24.3 Å². The first kappa shape index (κ1) is 15.8. The molecule has 114 valence electrons. The Labute approximate surface area is 127 Å². The molecule has 0 saturated heterocycles. The van der Waals surface area contributed by atoms with Gasteiger partial charge in [-0.25, -0.2) is 0 Å². The summed E-state index contributed by atoms with van der Waals surface area (Å²) in [6.07, 6.45) is 3.14. The fourth-order valence-electron chi connectivity index (χ4n) is 2.44. The largest absolute Gasteiger partial charge is 0.488 e. The lowest BCUT2D eigenvalue weighted by Crippen LogP contribution is -2.22. The topological polar surface area (TPSA) is 48.1 Å². The molecule has 1 aromatic carbocycles. The van der Waals surface area contributed by atoms with Gasteiger partial charge in [0.2, 0.25) is 0 Å². The van der Waals surface area contributed by atoms with E-state index in [9.17, 15) is 0 Å². The molecule has 21 heavy (non-hydrogen) atoms. The van der Waals surface area contributed by atoms with E-state index >= 15 is 0 Å². The third kappa shape index (κ3) is 4.43. The molecule has 3 heteroatoms. The lowest BCUT2D eigenvalue weighted by molar-refractivity contribution is 0.131. The van der Waals surface area contributed by atoms with Gasteiger partial charge < -0.3 is 10.5 Å². The Kier molecular flexibility index (Phi) is 4.84. The van der Waals surface area contributed by atoms with Crippen molar-refractivity contribution in [1.82, 2.24) is 4.98 Å². The Morgan fingerprint density at radius 2 is 1.90 bits per heavy atom. The molecule has 0 radical (unpaired) electrons. The average Bonchev–Trinajstić information content (AvgIpc) is 2.38. The SMILES string of the molecule is Cc1cc(CCCCN)nc2ccc(OC(C)(C)C)cc12. The number of nitrogens with zero attached hydrogens (tertiary/aromatic N) is 1. The number of benzene rings is 1. The highest BCUT2D eigenvalue weighted by Gasteiger charge is 2.12. The zero-order chi connectivity index (χ0) is 15.5. The highest BCUT2D eigenvalue weighted by molar-refractivity contribution is 5.83. The summed E-state index contributed by atoms with van der Waals surface area (Å²) in [5.41, 5.74) is 8.81. The predicted octanol–water partition coefficient (Wildman–Crippen LogP) is 4.00. The molecule has 2 rings (SSSR count). The predicted molar refractivity (Wildman–Crippen MR) is 88.9 cm³/mol. The summed E-state index contributed by atoms with van der Waals surface area (Å²) < 4.78 is 5.93. The third-order valence-corrected chi connectivity index (χ3v) is 3.35. The summed E-state index contributed by atoms with van der Waals surface area (Å²) in [5.74, 6) is 0.899. The minimum absolute atomic E-state index is 0.183. The van der Waals surface area contributed by atoms with Crippen LogP contribution in [0.1, 0.15) is 44.9 Å². The molecular weight excluding hydrogens is 260 g/mol. The van der Waals surface area contributed by atoms with Gasteiger partial charge >= 0.3 is 0 Å². The number of rotatable bonds is 5. The molecule has 3 nitrogen and oxygen atoms in total. The maximum absolute atomic E-state index is 5.93. The van der Waals surface area contributed by atoms with Crippen molar-refractivity contribution in [1.29, 1.82) is 0 Å². The first-order valence-corrected chi connectivity index (χ1v) is 7.68. The van der Waals surface area contributed by atoms with Gasteiger partial charge in [-0.05, 0) is 83.3 Å². The summed E-state index contributed by atoms with van der Waals surface area (Å²) in [7, 11) is 0. The van der Waals surface area contributed by atoms with Crippen molar-refractivity contribution in [3.8, 4) is 5.75 Å². The molecule has 0 unspecified atom stereocenters. The molecule has 0 atom stereocenters. The average molecular weight is 286 g/mol.